The van der Waals surface area contributed by atoms with Crippen molar-refractivity contribution in [3.63, 3.8) is 0 Å². The molecule has 1 N–H and O–H groups in total. The van der Waals surface area contributed by atoms with Gasteiger partial charge in [0.2, 0.25) is 0 Å². The van der Waals surface area contributed by atoms with Crippen LogP contribution in [0.3, 0.4) is 0 Å². The summed E-state index contributed by atoms with van der Waals surface area (Å²) in [5.41, 5.74) is 1.01. The van der Waals surface area contributed by atoms with Gasteiger partial charge in [-0.3, -0.25) is 0 Å². The van der Waals surface area contributed by atoms with Gasteiger partial charge in [0.15, 0.2) is 0 Å². The Morgan fingerprint density at radius 2 is 2.13 bits per heavy atom. The predicted molar refractivity (Wildman–Crippen MR) is 60.9 cm³/mol. The highest BCUT2D eigenvalue weighted by Gasteiger charge is 2.50. The Balaban J connectivity index is 2.20. The van der Waals surface area contributed by atoms with Gasteiger partial charge in [-0.2, -0.15) is 0 Å². The Hall–Kier alpha value is -0.410. The van der Waals surface area contributed by atoms with E-state index in [1.165, 1.54) is 6.07 Å². The molecule has 15 heavy (non-hydrogen) atoms. The van der Waals surface area contributed by atoms with E-state index in [1.807, 2.05) is 0 Å². The Morgan fingerprint density at radius 1 is 1.53 bits per heavy atom. The summed E-state index contributed by atoms with van der Waals surface area (Å²) in [6, 6.07) is 4.70. The predicted octanol–water partition coefficient (Wildman–Crippen LogP) is 3.67. The molecule has 3 heteroatoms. The van der Waals surface area contributed by atoms with Crippen LogP contribution < -0.4 is 0 Å². The highest BCUT2D eigenvalue weighted by atomic mass is 79.9. The van der Waals surface area contributed by atoms with E-state index in [0.29, 0.717) is 10.4 Å². The highest BCUT2D eigenvalue weighted by Crippen LogP contribution is 2.57. The number of aliphatic hydroxyl groups is 1. The average Bonchev–Trinajstić information content (AvgIpc) is 2.79. The third kappa shape index (κ3) is 2.08. The van der Waals surface area contributed by atoms with Gasteiger partial charge in [0.05, 0.1) is 10.6 Å². The van der Waals surface area contributed by atoms with E-state index in [4.69, 9.17) is 0 Å². The number of hydrogen-bond donors (Lipinski definition) is 1. The third-order valence-corrected chi connectivity index (χ3v) is 3.86. The van der Waals surface area contributed by atoms with Crippen molar-refractivity contribution in [1.29, 1.82) is 0 Å². The molecule has 1 saturated carbocycles. The highest BCUT2D eigenvalue weighted by molar-refractivity contribution is 9.10. The second-order valence-corrected chi connectivity index (χ2v) is 5.77. The van der Waals surface area contributed by atoms with Crippen molar-refractivity contribution in [2.75, 3.05) is 0 Å². The summed E-state index contributed by atoms with van der Waals surface area (Å²) < 4.78 is 13.4. The van der Waals surface area contributed by atoms with E-state index >= 15 is 0 Å². The first kappa shape index (κ1) is 11.1. The molecule has 0 aromatic heterocycles. The second-order valence-electron chi connectivity index (χ2n) is 4.92. The molecule has 0 bridgehead atoms. The fourth-order valence-electron chi connectivity index (χ4n) is 1.98. The molecule has 2 rings (SSSR count). The summed E-state index contributed by atoms with van der Waals surface area (Å²) in [6.07, 6.45) is 0.556. The van der Waals surface area contributed by atoms with E-state index in [1.54, 1.807) is 12.1 Å². The molecule has 1 fully saturated rings. The molecule has 0 heterocycles. The van der Waals surface area contributed by atoms with E-state index in [0.717, 1.165) is 12.0 Å². The molecule has 0 aliphatic heterocycles. The molecule has 82 valence electrons. The topological polar surface area (TPSA) is 20.2 Å². The normalized spacial score (nSPS) is 25.0. The van der Waals surface area contributed by atoms with Gasteiger partial charge in [-0.25, -0.2) is 4.39 Å². The zero-order valence-electron chi connectivity index (χ0n) is 8.80. The van der Waals surface area contributed by atoms with Gasteiger partial charge < -0.3 is 5.11 Å². The quantitative estimate of drug-likeness (QED) is 0.871. The van der Waals surface area contributed by atoms with Gasteiger partial charge in [-0.15, -0.1) is 0 Å². The van der Waals surface area contributed by atoms with Crippen LogP contribution in [-0.4, -0.2) is 5.11 Å². The molecule has 1 aromatic rings. The van der Waals surface area contributed by atoms with Crippen LogP contribution in [-0.2, 0) is 0 Å². The maximum absolute atomic E-state index is 13.0. The summed E-state index contributed by atoms with van der Waals surface area (Å²) in [5.74, 6) is 0.0101. The van der Waals surface area contributed by atoms with Crippen molar-refractivity contribution in [2.45, 2.75) is 26.4 Å². The van der Waals surface area contributed by atoms with Crippen LogP contribution in [0.5, 0.6) is 0 Å². The molecule has 2 unspecified atom stereocenters. The third-order valence-electron chi connectivity index (χ3n) is 3.26. The minimum Gasteiger partial charge on any atom is -0.388 e. The first-order valence-corrected chi connectivity index (χ1v) is 5.84. The van der Waals surface area contributed by atoms with Gasteiger partial charge >= 0.3 is 0 Å². The summed E-state index contributed by atoms with van der Waals surface area (Å²) in [5, 5.41) is 10.1. The summed E-state index contributed by atoms with van der Waals surface area (Å²) in [4.78, 5) is 0. The van der Waals surface area contributed by atoms with Gasteiger partial charge in [0.25, 0.3) is 0 Å². The van der Waals surface area contributed by atoms with Gasteiger partial charge in [-0.1, -0.05) is 19.9 Å². The van der Waals surface area contributed by atoms with Gasteiger partial charge in [0.1, 0.15) is 5.82 Å². The van der Waals surface area contributed by atoms with Gasteiger partial charge in [-0.05, 0) is 51.4 Å². The fraction of sp³-hybridized carbons (Fsp3) is 0.500. The van der Waals surface area contributed by atoms with Crippen molar-refractivity contribution < 1.29 is 9.50 Å². The van der Waals surface area contributed by atoms with Crippen molar-refractivity contribution >= 4 is 15.9 Å². The number of hydrogen-bond acceptors (Lipinski definition) is 1. The minimum atomic E-state index is -0.475. The maximum atomic E-state index is 13.0. The Bertz CT molecular complexity index is 389. The van der Waals surface area contributed by atoms with Crippen LogP contribution in [0.25, 0.3) is 0 Å². The molecule has 0 amide bonds. The molecule has 0 spiro atoms. The standard InChI is InChI=1S/C12H14BrFO/c1-12(2)6-8(12)11(15)7-3-4-10(14)9(13)5-7/h3-5,8,11,15H,6H2,1-2H3. The summed E-state index contributed by atoms with van der Waals surface area (Å²) in [7, 11) is 0. The molecule has 1 aliphatic rings. The van der Waals surface area contributed by atoms with Crippen LogP contribution in [0.2, 0.25) is 0 Å². The zero-order valence-corrected chi connectivity index (χ0v) is 10.4. The molecular formula is C12H14BrFO. The average molecular weight is 273 g/mol. The summed E-state index contributed by atoms with van der Waals surface area (Å²) in [6.45, 7) is 4.28. The van der Waals surface area contributed by atoms with Crippen LogP contribution in [0, 0.1) is 17.2 Å². The largest absolute Gasteiger partial charge is 0.388 e. The van der Waals surface area contributed by atoms with Crippen molar-refractivity contribution in [3.05, 3.63) is 34.1 Å². The Kier molecular flexibility index (Phi) is 2.63. The van der Waals surface area contributed by atoms with E-state index in [9.17, 15) is 9.50 Å². The van der Waals surface area contributed by atoms with E-state index in [2.05, 4.69) is 29.8 Å². The number of benzene rings is 1. The molecule has 0 saturated heterocycles. The minimum absolute atomic E-state index is 0.222. The molecule has 2 atom stereocenters. The lowest BCUT2D eigenvalue weighted by molar-refractivity contribution is 0.138. The number of aliphatic hydroxyl groups excluding tert-OH is 1. The first-order chi connectivity index (χ1) is 6.92. The lowest BCUT2D eigenvalue weighted by Gasteiger charge is -2.13. The van der Waals surface area contributed by atoms with Crippen LogP contribution in [0.4, 0.5) is 4.39 Å². The fourth-order valence-corrected chi connectivity index (χ4v) is 2.37. The summed E-state index contributed by atoms with van der Waals surface area (Å²) >= 11 is 3.13. The number of halogens is 2. The van der Waals surface area contributed by atoms with Crippen LogP contribution in [0.15, 0.2) is 22.7 Å². The monoisotopic (exact) mass is 272 g/mol. The molecular weight excluding hydrogens is 259 g/mol. The van der Waals surface area contributed by atoms with Gasteiger partial charge in [0, 0.05) is 0 Å². The molecule has 0 radical (unpaired) electrons. The number of rotatable bonds is 2. The van der Waals surface area contributed by atoms with E-state index < -0.39 is 6.10 Å². The smallest absolute Gasteiger partial charge is 0.137 e. The molecule has 1 aliphatic carbocycles. The Labute approximate surface area is 97.4 Å². The van der Waals surface area contributed by atoms with Crippen LogP contribution >= 0.6 is 15.9 Å². The zero-order chi connectivity index (χ0) is 11.2. The SMILES string of the molecule is CC1(C)CC1C(O)c1ccc(F)c(Br)c1. The second kappa shape index (κ2) is 3.56. The van der Waals surface area contributed by atoms with Crippen LogP contribution in [0.1, 0.15) is 31.9 Å². The lowest BCUT2D eigenvalue weighted by atomic mass is 10.00. The van der Waals surface area contributed by atoms with Crippen molar-refractivity contribution in [1.82, 2.24) is 0 Å². The van der Waals surface area contributed by atoms with Crippen molar-refractivity contribution in [2.24, 2.45) is 11.3 Å². The first-order valence-electron chi connectivity index (χ1n) is 5.05. The molecule has 1 nitrogen and oxygen atoms in total. The molecule has 1 aromatic carbocycles. The lowest BCUT2D eigenvalue weighted by Crippen LogP contribution is -2.04. The van der Waals surface area contributed by atoms with Crippen molar-refractivity contribution in [3.8, 4) is 0 Å². The Morgan fingerprint density at radius 3 is 2.60 bits per heavy atom. The maximum Gasteiger partial charge on any atom is 0.137 e. The van der Waals surface area contributed by atoms with E-state index in [-0.39, 0.29) is 11.2 Å².